The maximum atomic E-state index is 9.89. The number of nitrogens with zero attached hydrogens (tertiary/aromatic N) is 8. The molecule has 0 atom stereocenters. The lowest BCUT2D eigenvalue weighted by Crippen LogP contribution is -2.47. The van der Waals surface area contributed by atoms with E-state index in [-0.39, 0.29) is 0 Å². The average molecular weight is 1510 g/mol. The second kappa shape index (κ2) is 68.8. The van der Waals surface area contributed by atoms with Crippen LogP contribution in [0, 0.1) is 0 Å². The Bertz CT molecular complexity index is 1370. The van der Waals surface area contributed by atoms with Gasteiger partial charge in [0.2, 0.25) is 0 Å². The first-order valence-electron chi connectivity index (χ1n) is 40.1. The summed E-state index contributed by atoms with van der Waals surface area (Å²) < 4.78 is 91.3. The van der Waals surface area contributed by atoms with Gasteiger partial charge in [-0.2, -0.15) is 0 Å². The van der Waals surface area contributed by atoms with Gasteiger partial charge >= 0.3 is 0 Å². The first kappa shape index (κ1) is 109. The Labute approximate surface area is 635 Å². The molecule has 0 aromatic heterocycles. The van der Waals surface area contributed by atoms with Crippen LogP contribution >= 0.6 is 0 Å². The summed E-state index contributed by atoms with van der Waals surface area (Å²) in [6.07, 6.45) is 32.5. The van der Waals surface area contributed by atoms with Crippen molar-refractivity contribution < 1.29 is 131 Å². The third-order valence-corrected chi connectivity index (χ3v) is 20.9. The van der Waals surface area contributed by atoms with E-state index >= 15 is 0 Å². The van der Waals surface area contributed by atoms with Crippen molar-refractivity contribution in [2.24, 2.45) is 0 Å². The molecule has 24 nitrogen and oxygen atoms in total. The Morgan fingerprint density at radius 1 is 0.192 bits per heavy atom. The normalized spacial score (nSPS) is 20.0. The highest BCUT2D eigenvalue weighted by atomic mass is 19.1. The molecule has 0 aliphatic carbocycles. The van der Waals surface area contributed by atoms with Crippen molar-refractivity contribution in [1.82, 2.24) is 0 Å². The lowest BCUT2D eigenvalue weighted by molar-refractivity contribution is -0.934. The third-order valence-electron chi connectivity index (χ3n) is 20.9. The highest BCUT2D eigenvalue weighted by molar-refractivity contribution is 6.27. The Kier molecular flexibility index (Phi) is 72.3. The summed E-state index contributed by atoms with van der Waals surface area (Å²) >= 11 is 0. The van der Waals surface area contributed by atoms with Crippen molar-refractivity contribution in [1.29, 1.82) is 0 Å². The molecule has 0 spiro atoms. The molecule has 8 aliphatic heterocycles. The first-order chi connectivity index (χ1) is 49.6. The number of quaternary nitrogens is 8. The van der Waals surface area contributed by atoms with Crippen molar-refractivity contribution in [2.75, 3.05) is 268 Å². The molecule has 8 rings (SSSR count). The maximum absolute atomic E-state index is 9.89. The molecule has 8 heterocycles. The molecular weight excluding hydrogens is 1350 g/mol. The zero-order valence-corrected chi connectivity index (χ0v) is 69.5. The molecule has 0 N–H and O–H groups in total. The van der Waals surface area contributed by atoms with Crippen LogP contribution in [0.3, 0.4) is 0 Å². The van der Waals surface area contributed by atoms with Crippen molar-refractivity contribution in [3.63, 3.8) is 0 Å². The number of rotatable bonds is 32. The fourth-order valence-electron chi connectivity index (χ4n) is 17.4. The number of ether oxygens (including phenoxy) is 8. The minimum atomic E-state index is -3.17. The van der Waals surface area contributed by atoms with E-state index in [1.165, 1.54) is 347 Å². The van der Waals surface area contributed by atoms with Crippen LogP contribution in [0.1, 0.15) is 209 Å². The van der Waals surface area contributed by atoms with Crippen molar-refractivity contribution in [2.45, 2.75) is 209 Å². The summed E-state index contributed by atoms with van der Waals surface area (Å²) in [4.78, 5) is 0. The fourth-order valence-corrected chi connectivity index (χ4v) is 17.4. The summed E-state index contributed by atoms with van der Waals surface area (Å²) in [6.45, 7) is 57.2. The molecule has 8 fully saturated rings. The van der Waals surface area contributed by atoms with Gasteiger partial charge in [0, 0.05) is 160 Å². The van der Waals surface area contributed by atoms with Gasteiger partial charge in [-0.3, -0.25) is 0 Å². The van der Waals surface area contributed by atoms with E-state index in [0.717, 1.165) is 53.8 Å². The molecule has 624 valence electrons. The van der Waals surface area contributed by atoms with Crippen molar-refractivity contribution in [3.05, 3.63) is 0 Å². The molecule has 32 heteroatoms. The molecule has 8 aliphatic rings. The van der Waals surface area contributed by atoms with Gasteiger partial charge in [0.25, 0.3) is 0 Å². The molecule has 8 saturated heterocycles. The first-order valence-corrected chi connectivity index (χ1v) is 40.1. The van der Waals surface area contributed by atoms with Gasteiger partial charge in [-0.05, 0) is 51.4 Å². The van der Waals surface area contributed by atoms with Gasteiger partial charge in [0.1, 0.15) is 29.6 Å². The summed E-state index contributed by atoms with van der Waals surface area (Å²) in [5.41, 5.74) is 0. The third kappa shape index (κ3) is 55.4. The van der Waals surface area contributed by atoms with Crippen LogP contribution < -0.4 is 40.2 Å². The predicted molar refractivity (Wildman–Crippen MR) is 398 cm³/mol. The van der Waals surface area contributed by atoms with Crippen molar-refractivity contribution >= 4 is 29.6 Å². The zero-order valence-electron chi connectivity index (χ0n) is 69.5. The molecule has 0 radical (unpaired) electrons. The summed E-state index contributed by atoms with van der Waals surface area (Å²) in [5, 5.41) is 66.4. The van der Waals surface area contributed by atoms with E-state index < -0.39 is 29.6 Å². The van der Waals surface area contributed by atoms with Crippen LogP contribution in [0.5, 0.6) is 0 Å². The monoisotopic (exact) mass is 1510 g/mol. The second-order valence-electron chi connectivity index (χ2n) is 30.2. The van der Waals surface area contributed by atoms with Crippen LogP contribution in [-0.4, -0.2) is 333 Å². The maximum Gasteiger partial charge on any atom is 0.182 e. The largest absolute Gasteiger partial charge is 0.867 e. The number of hydrogen-bond acceptors (Lipinski definition) is 16. The molecule has 0 aromatic carbocycles. The predicted octanol–water partition coefficient (Wildman–Crippen LogP) is 3.53. The van der Waals surface area contributed by atoms with Gasteiger partial charge in [0.15, 0.2) is 53.8 Å². The minimum absolute atomic E-state index is 0.924. The van der Waals surface area contributed by atoms with Crippen LogP contribution in [0.4, 0.5) is 17.3 Å². The second-order valence-corrected chi connectivity index (χ2v) is 30.2. The van der Waals surface area contributed by atoms with E-state index in [1.807, 2.05) is 56.9 Å². The number of likely N-dealkylation sites (tertiary alicyclic amines) is 8. The molecular formula is C72H160B4F4N8O16. The number of methoxy groups -OCH3 is 8. The molecule has 0 amide bonds. The summed E-state index contributed by atoms with van der Waals surface area (Å²) in [5.74, 6) is 0. The highest BCUT2D eigenvalue weighted by Gasteiger charge is 2.36. The van der Waals surface area contributed by atoms with Crippen LogP contribution in [0.2, 0.25) is 0 Å². The zero-order chi connectivity index (χ0) is 79.6. The Morgan fingerprint density at radius 2 is 0.260 bits per heavy atom. The molecule has 104 heavy (non-hydrogen) atoms. The van der Waals surface area contributed by atoms with Crippen LogP contribution in [-0.2, 0) is 37.9 Å². The summed E-state index contributed by atoms with van der Waals surface area (Å²) in [6, 6.07) is 0. The number of hydrogen-bond donors (Lipinski definition) is 0. The topological polar surface area (TPSA) is 258 Å². The van der Waals surface area contributed by atoms with Crippen molar-refractivity contribution in [3.8, 4) is 0 Å². The Morgan fingerprint density at radius 3 is 0.308 bits per heavy atom. The van der Waals surface area contributed by atoms with E-state index in [2.05, 4.69) is 55.4 Å². The molecule has 0 unspecified atom stereocenters. The molecule has 0 saturated carbocycles. The van der Waals surface area contributed by atoms with Gasteiger partial charge in [0.05, 0.1) is 157 Å². The fraction of sp³-hybridized carbons (Fsp3) is 1.00. The average Bonchev–Trinajstić information content (AvgIpc) is 1.82. The van der Waals surface area contributed by atoms with E-state index in [0.29, 0.717) is 0 Å². The summed E-state index contributed by atoms with van der Waals surface area (Å²) in [7, 11) is 1.84. The lowest BCUT2D eigenvalue weighted by Gasteiger charge is -2.32. The van der Waals surface area contributed by atoms with E-state index in [9.17, 15) is 17.3 Å². The Balaban J connectivity index is -0.000000533. The molecule has 0 aromatic rings. The van der Waals surface area contributed by atoms with Crippen LogP contribution in [0.25, 0.3) is 0 Å². The van der Waals surface area contributed by atoms with Crippen LogP contribution in [0.15, 0.2) is 0 Å². The smallest absolute Gasteiger partial charge is 0.182 e. The lowest BCUT2D eigenvalue weighted by atomic mass is 10.3. The van der Waals surface area contributed by atoms with Gasteiger partial charge < -0.3 is 131 Å². The van der Waals surface area contributed by atoms with E-state index in [4.69, 9.17) is 78.1 Å². The standard InChI is InChI=1S/8C9H20NO.4BFO2/c8*1-3-6-10(9-11-2)7-4-5-8-10;4*2-1(3)4/h8*3-9H2,1-2H3;;;;/q8*+1;4*-2. The van der Waals surface area contributed by atoms with E-state index in [1.54, 1.807) is 0 Å². The van der Waals surface area contributed by atoms with Gasteiger partial charge in [-0.25, -0.2) is 0 Å². The molecule has 0 bridgehead atoms. The SMILES string of the molecule is CCC[N+]1(COC)CCCC1.CCC[N+]1(COC)CCCC1.CCC[N+]1(COC)CCCC1.CCC[N+]1(COC)CCCC1.CCC[N+]1(COC)CCCC1.CCC[N+]1(COC)CCCC1.CCC[N+]1(COC)CCCC1.CCC[N+]1(COC)CCCC1.[O-]B([O-])F.[O-]B([O-])F.[O-]B([O-])F.[O-]B([O-])F. The van der Waals surface area contributed by atoms with Gasteiger partial charge in [-0.1, -0.05) is 55.4 Å². The number of halogens is 4. The Hall–Kier alpha value is -0.980. The highest BCUT2D eigenvalue weighted by Crippen LogP contribution is 2.25. The minimum Gasteiger partial charge on any atom is -0.867 e. The van der Waals surface area contributed by atoms with Gasteiger partial charge in [-0.15, -0.1) is 0 Å². The quantitative estimate of drug-likeness (QED) is 0.0530.